The molecule has 0 N–H and O–H groups in total. The second kappa shape index (κ2) is 5.80. The number of thiophene rings is 1. The highest BCUT2D eigenvalue weighted by atomic mass is 32.2. The smallest absolute Gasteiger partial charge is 0.244 e. The van der Waals surface area contributed by atoms with Gasteiger partial charge in [-0.25, -0.2) is 8.42 Å². The van der Waals surface area contributed by atoms with E-state index in [4.69, 9.17) is 4.52 Å². The minimum Gasteiger partial charge on any atom is -0.355 e. The number of rotatable bonds is 4. The first-order valence-electron chi connectivity index (χ1n) is 7.47. The Morgan fingerprint density at radius 3 is 2.62 bits per heavy atom. The van der Waals surface area contributed by atoms with Gasteiger partial charge < -0.3 is 4.52 Å². The number of hydrogen-bond acceptors (Lipinski definition) is 6. The molecule has 0 bridgehead atoms. The Balaban J connectivity index is 1.56. The molecule has 0 spiro atoms. The molecule has 124 valence electrons. The number of pyridine rings is 1. The van der Waals surface area contributed by atoms with Crippen molar-refractivity contribution in [3.63, 3.8) is 0 Å². The van der Waals surface area contributed by atoms with Crippen LogP contribution in [0.1, 0.15) is 16.4 Å². The third-order valence-corrected chi connectivity index (χ3v) is 7.35. The predicted octanol–water partition coefficient (Wildman–Crippen LogP) is 2.89. The third-order valence-electron chi connectivity index (χ3n) is 4.20. The summed E-state index contributed by atoms with van der Waals surface area (Å²) in [5.74, 6) is 0.818. The van der Waals surface area contributed by atoms with Crippen molar-refractivity contribution in [1.29, 1.82) is 0 Å². The average molecular weight is 361 g/mol. The lowest BCUT2D eigenvalue weighted by atomic mass is 9.95. The predicted molar refractivity (Wildman–Crippen MR) is 90.3 cm³/mol. The van der Waals surface area contributed by atoms with Crippen LogP contribution in [0.4, 0.5) is 0 Å². The van der Waals surface area contributed by atoms with Crippen molar-refractivity contribution in [1.82, 2.24) is 14.4 Å². The van der Waals surface area contributed by atoms with Crippen LogP contribution in [0.25, 0.3) is 10.6 Å². The summed E-state index contributed by atoms with van der Waals surface area (Å²) in [6, 6.07) is 7.28. The topological polar surface area (TPSA) is 76.3 Å². The van der Waals surface area contributed by atoms with E-state index in [1.807, 2.05) is 19.1 Å². The first-order chi connectivity index (χ1) is 11.6. The largest absolute Gasteiger partial charge is 0.355 e. The number of aromatic nitrogens is 2. The van der Waals surface area contributed by atoms with Crippen LogP contribution in [0.15, 0.2) is 52.3 Å². The van der Waals surface area contributed by atoms with Crippen molar-refractivity contribution in [2.45, 2.75) is 17.7 Å². The zero-order chi connectivity index (χ0) is 16.7. The first kappa shape index (κ1) is 15.5. The molecule has 24 heavy (non-hydrogen) atoms. The van der Waals surface area contributed by atoms with Crippen molar-refractivity contribution in [2.24, 2.45) is 0 Å². The maximum Gasteiger partial charge on any atom is 0.244 e. The fourth-order valence-corrected chi connectivity index (χ4v) is 5.85. The molecule has 1 aliphatic rings. The standard InChI is InChI=1S/C16H15N3O3S2/c1-11-16(8-15(23-11)14-4-7-18-22-14)24(20,21)19-9-13(10-19)12-2-5-17-6-3-12/h2-8,13H,9-10H2,1H3. The molecule has 8 heteroatoms. The first-order valence-corrected chi connectivity index (χ1v) is 9.73. The molecule has 0 radical (unpaired) electrons. The zero-order valence-corrected chi connectivity index (χ0v) is 14.5. The summed E-state index contributed by atoms with van der Waals surface area (Å²) in [5, 5.41) is 3.67. The molecule has 3 aromatic rings. The van der Waals surface area contributed by atoms with E-state index in [1.54, 1.807) is 30.7 Å². The van der Waals surface area contributed by atoms with Crippen molar-refractivity contribution in [2.75, 3.05) is 13.1 Å². The summed E-state index contributed by atoms with van der Waals surface area (Å²) < 4.78 is 32.4. The monoisotopic (exact) mass is 361 g/mol. The Morgan fingerprint density at radius 1 is 1.21 bits per heavy atom. The summed E-state index contributed by atoms with van der Waals surface area (Å²) in [7, 11) is -3.48. The molecule has 1 fully saturated rings. The number of sulfonamides is 1. The van der Waals surface area contributed by atoms with Crippen molar-refractivity contribution in [3.05, 3.63) is 53.3 Å². The zero-order valence-electron chi connectivity index (χ0n) is 12.9. The fraction of sp³-hybridized carbons (Fsp3) is 0.250. The van der Waals surface area contributed by atoms with Gasteiger partial charge in [-0.15, -0.1) is 11.3 Å². The molecule has 0 amide bonds. The molecular weight excluding hydrogens is 346 g/mol. The van der Waals surface area contributed by atoms with Gasteiger partial charge in [-0.1, -0.05) is 5.16 Å². The van der Waals surface area contributed by atoms with Crippen LogP contribution in [0.3, 0.4) is 0 Å². The Bertz CT molecular complexity index is 944. The van der Waals surface area contributed by atoms with Crippen LogP contribution in [0, 0.1) is 6.92 Å². The van der Waals surface area contributed by atoms with Crippen LogP contribution in [0.5, 0.6) is 0 Å². The second-order valence-corrected chi connectivity index (χ2v) is 8.87. The van der Waals surface area contributed by atoms with Gasteiger partial charge in [0.05, 0.1) is 16.0 Å². The Morgan fingerprint density at radius 2 is 1.96 bits per heavy atom. The summed E-state index contributed by atoms with van der Waals surface area (Å²) in [5.41, 5.74) is 1.13. The van der Waals surface area contributed by atoms with E-state index >= 15 is 0 Å². The van der Waals surface area contributed by atoms with E-state index in [1.165, 1.54) is 15.6 Å². The van der Waals surface area contributed by atoms with E-state index in [-0.39, 0.29) is 5.92 Å². The average Bonchev–Trinajstić information content (AvgIpc) is 3.15. The van der Waals surface area contributed by atoms with Gasteiger partial charge >= 0.3 is 0 Å². The lowest BCUT2D eigenvalue weighted by molar-refractivity contribution is 0.264. The van der Waals surface area contributed by atoms with E-state index in [0.717, 1.165) is 15.3 Å². The van der Waals surface area contributed by atoms with Crippen LogP contribution >= 0.6 is 11.3 Å². The molecule has 0 saturated carbocycles. The molecule has 0 aromatic carbocycles. The summed E-state index contributed by atoms with van der Waals surface area (Å²) in [4.78, 5) is 5.88. The second-order valence-electron chi connectivity index (χ2n) is 5.71. The number of aryl methyl sites for hydroxylation is 1. The Labute approximate surface area is 143 Å². The van der Waals surface area contributed by atoms with Crippen molar-refractivity contribution >= 4 is 21.4 Å². The minimum atomic E-state index is -3.48. The maximum absolute atomic E-state index is 12.9. The van der Waals surface area contributed by atoms with Gasteiger partial charge in [0.25, 0.3) is 0 Å². The number of nitrogens with zero attached hydrogens (tertiary/aromatic N) is 3. The number of hydrogen-bond donors (Lipinski definition) is 0. The highest BCUT2D eigenvalue weighted by Crippen LogP contribution is 2.38. The van der Waals surface area contributed by atoms with Gasteiger partial charge in [0.2, 0.25) is 10.0 Å². The minimum absolute atomic E-state index is 0.232. The van der Waals surface area contributed by atoms with E-state index in [0.29, 0.717) is 23.7 Å². The van der Waals surface area contributed by atoms with Crippen LogP contribution in [-0.2, 0) is 10.0 Å². The molecule has 6 nitrogen and oxygen atoms in total. The maximum atomic E-state index is 12.9. The molecule has 4 rings (SSSR count). The highest BCUT2D eigenvalue weighted by Gasteiger charge is 2.38. The van der Waals surface area contributed by atoms with Crippen LogP contribution < -0.4 is 0 Å². The molecule has 1 aliphatic heterocycles. The van der Waals surface area contributed by atoms with Crippen LogP contribution in [-0.4, -0.2) is 36.0 Å². The molecule has 3 aromatic heterocycles. The Hall–Kier alpha value is -2.03. The van der Waals surface area contributed by atoms with Gasteiger partial charge in [0, 0.05) is 42.3 Å². The molecular formula is C16H15N3O3S2. The SMILES string of the molecule is Cc1sc(-c2ccno2)cc1S(=O)(=O)N1CC(c2ccncc2)C1. The van der Waals surface area contributed by atoms with Gasteiger partial charge in [-0.3, -0.25) is 4.98 Å². The van der Waals surface area contributed by atoms with Gasteiger partial charge in [0.15, 0.2) is 5.76 Å². The lowest BCUT2D eigenvalue weighted by Crippen LogP contribution is -2.48. The third kappa shape index (κ3) is 2.56. The van der Waals surface area contributed by atoms with E-state index in [9.17, 15) is 8.42 Å². The van der Waals surface area contributed by atoms with Gasteiger partial charge in [-0.2, -0.15) is 4.31 Å². The van der Waals surface area contributed by atoms with Crippen molar-refractivity contribution < 1.29 is 12.9 Å². The normalized spacial score (nSPS) is 16.2. The highest BCUT2D eigenvalue weighted by molar-refractivity contribution is 7.89. The van der Waals surface area contributed by atoms with Gasteiger partial charge in [-0.05, 0) is 30.7 Å². The van der Waals surface area contributed by atoms with Crippen molar-refractivity contribution in [3.8, 4) is 10.6 Å². The summed E-state index contributed by atoms with van der Waals surface area (Å²) in [6.07, 6.45) is 5.02. The summed E-state index contributed by atoms with van der Waals surface area (Å²) in [6.45, 7) is 2.82. The molecule has 0 atom stereocenters. The van der Waals surface area contributed by atoms with Crippen LogP contribution in [0.2, 0.25) is 0 Å². The molecule has 0 unspecified atom stereocenters. The van der Waals surface area contributed by atoms with E-state index in [2.05, 4.69) is 10.1 Å². The summed E-state index contributed by atoms with van der Waals surface area (Å²) >= 11 is 1.40. The fourth-order valence-electron chi connectivity index (χ4n) is 2.81. The Kier molecular flexibility index (Phi) is 3.75. The molecule has 4 heterocycles. The lowest BCUT2D eigenvalue weighted by Gasteiger charge is -2.38. The molecule has 0 aliphatic carbocycles. The molecule has 1 saturated heterocycles. The van der Waals surface area contributed by atoms with Gasteiger partial charge in [0.1, 0.15) is 0 Å². The van der Waals surface area contributed by atoms with E-state index < -0.39 is 10.0 Å². The quantitative estimate of drug-likeness (QED) is 0.714.